The summed E-state index contributed by atoms with van der Waals surface area (Å²) in [5.41, 5.74) is 1.02. The fraction of sp³-hybridized carbons (Fsp3) is 0.647. The lowest BCUT2D eigenvalue weighted by molar-refractivity contribution is -0.112. The SMILES string of the molecule is OC(Cc1ccc(Cl)cc1Cl)C1CCOC2(CCCC2)C1. The van der Waals surface area contributed by atoms with E-state index in [4.69, 9.17) is 27.9 Å². The summed E-state index contributed by atoms with van der Waals surface area (Å²) in [4.78, 5) is 0. The predicted octanol–water partition coefficient (Wildman–Crippen LogP) is 4.64. The lowest BCUT2D eigenvalue weighted by Gasteiger charge is -2.40. The van der Waals surface area contributed by atoms with Gasteiger partial charge in [-0.2, -0.15) is 0 Å². The third-order valence-electron chi connectivity index (χ3n) is 5.03. The monoisotopic (exact) mass is 328 g/mol. The maximum absolute atomic E-state index is 10.6. The van der Waals surface area contributed by atoms with Crippen molar-refractivity contribution in [3.05, 3.63) is 33.8 Å². The molecule has 1 aromatic rings. The second-order valence-corrected chi connectivity index (χ2v) is 7.34. The van der Waals surface area contributed by atoms with E-state index in [9.17, 15) is 5.11 Å². The standard InChI is InChI=1S/C17H22Cl2O2/c18-14-4-3-12(15(19)10-14)9-16(20)13-5-8-21-17(11-13)6-1-2-7-17/h3-4,10,13,16,20H,1-2,5-9,11H2. The Bertz CT molecular complexity index is 498. The Kier molecular flexibility index (Phi) is 4.80. The van der Waals surface area contributed by atoms with Crippen LogP contribution in [0.1, 0.15) is 44.1 Å². The molecular formula is C17H22Cl2O2. The van der Waals surface area contributed by atoms with Crippen LogP contribution in [0.2, 0.25) is 10.0 Å². The molecule has 1 aromatic carbocycles. The summed E-state index contributed by atoms with van der Waals surface area (Å²) in [7, 11) is 0. The van der Waals surface area contributed by atoms with Crippen molar-refractivity contribution in [2.24, 2.45) is 5.92 Å². The molecule has 2 aliphatic rings. The van der Waals surface area contributed by atoms with Gasteiger partial charge in [0.2, 0.25) is 0 Å². The maximum atomic E-state index is 10.6. The molecule has 2 nitrogen and oxygen atoms in total. The van der Waals surface area contributed by atoms with Crippen molar-refractivity contribution >= 4 is 23.2 Å². The van der Waals surface area contributed by atoms with Crippen LogP contribution in [0, 0.1) is 5.92 Å². The first-order valence-corrected chi connectivity index (χ1v) is 8.60. The quantitative estimate of drug-likeness (QED) is 0.876. The lowest BCUT2D eigenvalue weighted by atomic mass is 9.80. The number of hydrogen-bond donors (Lipinski definition) is 1. The Morgan fingerprint density at radius 1 is 1.29 bits per heavy atom. The van der Waals surface area contributed by atoms with Gasteiger partial charge in [0.25, 0.3) is 0 Å². The first kappa shape index (κ1) is 15.6. The van der Waals surface area contributed by atoms with Crippen LogP contribution in [0.15, 0.2) is 18.2 Å². The van der Waals surface area contributed by atoms with Gasteiger partial charge in [-0.25, -0.2) is 0 Å². The van der Waals surface area contributed by atoms with Crippen molar-refractivity contribution in [1.29, 1.82) is 0 Å². The van der Waals surface area contributed by atoms with E-state index in [2.05, 4.69) is 0 Å². The van der Waals surface area contributed by atoms with Crippen LogP contribution >= 0.6 is 23.2 Å². The third-order valence-corrected chi connectivity index (χ3v) is 5.62. The summed E-state index contributed by atoms with van der Waals surface area (Å²) in [6.45, 7) is 0.774. The molecule has 1 saturated heterocycles. The van der Waals surface area contributed by atoms with E-state index in [-0.39, 0.29) is 11.7 Å². The Morgan fingerprint density at radius 2 is 2.05 bits per heavy atom. The number of ether oxygens (including phenoxy) is 1. The zero-order chi connectivity index (χ0) is 14.9. The molecule has 2 unspecified atom stereocenters. The second kappa shape index (κ2) is 6.45. The van der Waals surface area contributed by atoms with Gasteiger partial charge in [-0.1, -0.05) is 42.1 Å². The molecular weight excluding hydrogens is 307 g/mol. The van der Waals surface area contributed by atoms with Gasteiger partial charge >= 0.3 is 0 Å². The first-order valence-electron chi connectivity index (χ1n) is 7.84. The van der Waals surface area contributed by atoms with Gasteiger partial charge in [-0.3, -0.25) is 0 Å². The van der Waals surface area contributed by atoms with E-state index in [0.717, 1.165) is 37.9 Å². The van der Waals surface area contributed by atoms with Gasteiger partial charge in [-0.05, 0) is 49.3 Å². The van der Waals surface area contributed by atoms with Crippen LogP contribution in [-0.2, 0) is 11.2 Å². The van der Waals surface area contributed by atoms with Gasteiger partial charge < -0.3 is 9.84 Å². The number of hydrogen-bond acceptors (Lipinski definition) is 2. The largest absolute Gasteiger partial charge is 0.392 e. The minimum atomic E-state index is -0.356. The number of benzene rings is 1. The normalized spacial score (nSPS) is 26.1. The molecule has 1 heterocycles. The molecule has 1 aliphatic carbocycles. The van der Waals surface area contributed by atoms with Gasteiger partial charge in [0.15, 0.2) is 0 Å². The molecule has 0 bridgehead atoms. The fourth-order valence-electron chi connectivity index (χ4n) is 3.84. The van der Waals surface area contributed by atoms with Crippen LogP contribution < -0.4 is 0 Å². The van der Waals surface area contributed by atoms with Crippen molar-refractivity contribution in [3.8, 4) is 0 Å². The topological polar surface area (TPSA) is 29.5 Å². The molecule has 3 rings (SSSR count). The minimum absolute atomic E-state index is 0.0493. The first-order chi connectivity index (χ1) is 10.1. The van der Waals surface area contributed by atoms with Crippen LogP contribution in [0.5, 0.6) is 0 Å². The summed E-state index contributed by atoms with van der Waals surface area (Å²) in [5, 5.41) is 11.9. The van der Waals surface area contributed by atoms with Crippen molar-refractivity contribution in [2.45, 2.75) is 56.7 Å². The van der Waals surface area contributed by atoms with E-state index in [1.807, 2.05) is 12.1 Å². The Morgan fingerprint density at radius 3 is 2.76 bits per heavy atom. The molecule has 1 aliphatic heterocycles. The molecule has 1 spiro atoms. The highest BCUT2D eigenvalue weighted by Crippen LogP contribution is 2.43. The minimum Gasteiger partial charge on any atom is -0.392 e. The van der Waals surface area contributed by atoms with Gasteiger partial charge in [-0.15, -0.1) is 0 Å². The average molecular weight is 329 g/mol. The van der Waals surface area contributed by atoms with E-state index in [1.54, 1.807) is 6.07 Å². The number of aliphatic hydroxyl groups is 1. The summed E-state index contributed by atoms with van der Waals surface area (Å²) in [6, 6.07) is 5.49. The molecule has 0 radical (unpaired) electrons. The molecule has 0 amide bonds. The summed E-state index contributed by atoms with van der Waals surface area (Å²) >= 11 is 12.1. The van der Waals surface area contributed by atoms with E-state index in [0.29, 0.717) is 22.4 Å². The molecule has 0 aromatic heterocycles. The predicted molar refractivity (Wildman–Crippen MR) is 86.0 cm³/mol. The molecule has 116 valence electrons. The summed E-state index contributed by atoms with van der Waals surface area (Å²) in [6.07, 6.45) is 6.97. The van der Waals surface area contributed by atoms with Crippen molar-refractivity contribution in [2.75, 3.05) is 6.61 Å². The van der Waals surface area contributed by atoms with Crippen LogP contribution in [0.4, 0.5) is 0 Å². The Labute approximate surface area is 136 Å². The van der Waals surface area contributed by atoms with Gasteiger partial charge in [0.1, 0.15) is 0 Å². The molecule has 4 heteroatoms. The zero-order valence-electron chi connectivity index (χ0n) is 12.2. The Hall–Kier alpha value is -0.280. The lowest BCUT2D eigenvalue weighted by Crippen LogP contribution is -2.41. The molecule has 2 atom stereocenters. The summed E-state index contributed by atoms with van der Waals surface area (Å²) in [5.74, 6) is 0.309. The van der Waals surface area contributed by atoms with E-state index in [1.165, 1.54) is 12.8 Å². The number of rotatable bonds is 3. The van der Waals surface area contributed by atoms with E-state index < -0.39 is 0 Å². The molecule has 1 N–H and O–H groups in total. The smallest absolute Gasteiger partial charge is 0.0686 e. The van der Waals surface area contributed by atoms with E-state index >= 15 is 0 Å². The molecule has 1 saturated carbocycles. The number of aliphatic hydroxyl groups excluding tert-OH is 1. The highest BCUT2D eigenvalue weighted by molar-refractivity contribution is 6.35. The van der Waals surface area contributed by atoms with Crippen molar-refractivity contribution in [1.82, 2.24) is 0 Å². The van der Waals surface area contributed by atoms with Crippen LogP contribution in [0.25, 0.3) is 0 Å². The fourth-order valence-corrected chi connectivity index (χ4v) is 4.33. The third kappa shape index (κ3) is 3.56. The van der Waals surface area contributed by atoms with Crippen molar-refractivity contribution in [3.63, 3.8) is 0 Å². The van der Waals surface area contributed by atoms with Gasteiger partial charge in [0.05, 0.1) is 11.7 Å². The molecule has 2 fully saturated rings. The Balaban J connectivity index is 1.65. The highest BCUT2D eigenvalue weighted by atomic mass is 35.5. The highest BCUT2D eigenvalue weighted by Gasteiger charge is 2.41. The number of halogens is 2. The van der Waals surface area contributed by atoms with Gasteiger partial charge in [0, 0.05) is 23.1 Å². The average Bonchev–Trinajstić information content (AvgIpc) is 2.90. The molecule has 21 heavy (non-hydrogen) atoms. The van der Waals surface area contributed by atoms with Crippen molar-refractivity contribution < 1.29 is 9.84 Å². The summed E-state index contributed by atoms with van der Waals surface area (Å²) < 4.78 is 6.04. The van der Waals surface area contributed by atoms with Crippen LogP contribution in [-0.4, -0.2) is 23.4 Å². The second-order valence-electron chi connectivity index (χ2n) is 6.50. The maximum Gasteiger partial charge on any atom is 0.0686 e. The zero-order valence-corrected chi connectivity index (χ0v) is 13.7. The van der Waals surface area contributed by atoms with Crippen LogP contribution in [0.3, 0.4) is 0 Å².